The molecule has 0 aromatic heterocycles. The summed E-state index contributed by atoms with van der Waals surface area (Å²) >= 11 is 0. The fraction of sp³-hybridized carbons (Fsp3) is 0.238. The number of nitrogens with one attached hydrogen (secondary N) is 1. The number of esters is 1. The number of rotatable bonds is 7. The molecule has 0 fully saturated rings. The molecule has 1 N–H and O–H groups in total. The molecule has 0 atom stereocenters. The normalized spacial score (nSPS) is 12.3. The minimum absolute atomic E-state index is 0.418. The second kappa shape index (κ2) is 9.50. The topological polar surface area (TPSA) is 92.3 Å². The third-order valence-corrected chi connectivity index (χ3v) is 3.96. The van der Waals surface area contributed by atoms with Crippen molar-refractivity contribution in [3.05, 3.63) is 48.0 Å². The minimum Gasteiger partial charge on any atom is -0.497 e. The molecule has 0 radical (unpaired) electrons. The van der Waals surface area contributed by atoms with Crippen LogP contribution in [0.4, 0.5) is 5.69 Å². The quantitative estimate of drug-likeness (QED) is 0.565. The molecule has 0 saturated heterocycles. The van der Waals surface area contributed by atoms with Crippen molar-refractivity contribution in [2.75, 3.05) is 39.4 Å². The highest BCUT2D eigenvalue weighted by atomic mass is 16.6. The summed E-state index contributed by atoms with van der Waals surface area (Å²) in [6, 6.07) is 10.2. The van der Waals surface area contributed by atoms with Gasteiger partial charge in [0.2, 0.25) is 0 Å². The van der Waals surface area contributed by atoms with Gasteiger partial charge in [-0.1, -0.05) is 0 Å². The molecule has 0 unspecified atom stereocenters. The average molecular weight is 399 g/mol. The van der Waals surface area contributed by atoms with Crippen LogP contribution >= 0.6 is 0 Å². The van der Waals surface area contributed by atoms with E-state index in [1.165, 1.54) is 20.3 Å². The van der Waals surface area contributed by atoms with Gasteiger partial charge < -0.3 is 29.0 Å². The van der Waals surface area contributed by atoms with Crippen LogP contribution in [0.25, 0.3) is 6.08 Å². The van der Waals surface area contributed by atoms with Gasteiger partial charge >= 0.3 is 5.97 Å². The Balaban J connectivity index is 1.51. The molecule has 1 aliphatic rings. The number of anilines is 1. The van der Waals surface area contributed by atoms with Gasteiger partial charge in [-0.3, -0.25) is 4.79 Å². The summed E-state index contributed by atoms with van der Waals surface area (Å²) in [5.74, 6) is 1.26. The van der Waals surface area contributed by atoms with E-state index in [4.69, 9.17) is 23.7 Å². The van der Waals surface area contributed by atoms with Crippen molar-refractivity contribution in [1.82, 2.24) is 0 Å². The maximum absolute atomic E-state index is 12.0. The summed E-state index contributed by atoms with van der Waals surface area (Å²) in [7, 11) is 3.08. The third kappa shape index (κ3) is 5.65. The minimum atomic E-state index is -0.649. The standard InChI is InChI=1S/C21H21NO7/c1-25-16-9-14(10-17(12-16)26-2)3-6-21(24)29-13-20(23)22-15-4-5-18-19(11-15)28-8-7-27-18/h3-6,9-12H,7-8,13H2,1-2H3,(H,22,23)/b6-3+. The molecule has 8 nitrogen and oxygen atoms in total. The van der Waals surface area contributed by atoms with Gasteiger partial charge in [-0.25, -0.2) is 4.79 Å². The van der Waals surface area contributed by atoms with Gasteiger partial charge in [0.15, 0.2) is 18.1 Å². The smallest absolute Gasteiger partial charge is 0.331 e. The summed E-state index contributed by atoms with van der Waals surface area (Å²) in [6.45, 7) is 0.525. The van der Waals surface area contributed by atoms with Gasteiger partial charge in [0.1, 0.15) is 24.7 Å². The van der Waals surface area contributed by atoms with Gasteiger partial charge in [-0.2, -0.15) is 0 Å². The van der Waals surface area contributed by atoms with Crippen molar-refractivity contribution >= 4 is 23.6 Å². The Hall–Kier alpha value is -3.68. The molecule has 1 heterocycles. The van der Waals surface area contributed by atoms with Crippen molar-refractivity contribution in [3.63, 3.8) is 0 Å². The van der Waals surface area contributed by atoms with Crippen LogP contribution < -0.4 is 24.3 Å². The molecule has 0 aliphatic carbocycles. The van der Waals surface area contributed by atoms with Crippen molar-refractivity contribution in [3.8, 4) is 23.0 Å². The van der Waals surface area contributed by atoms with E-state index in [1.807, 2.05) is 0 Å². The lowest BCUT2D eigenvalue weighted by atomic mass is 10.2. The van der Waals surface area contributed by atoms with Gasteiger partial charge in [-0.15, -0.1) is 0 Å². The lowest BCUT2D eigenvalue weighted by molar-refractivity contribution is -0.142. The van der Waals surface area contributed by atoms with Crippen LogP contribution in [-0.2, 0) is 14.3 Å². The van der Waals surface area contributed by atoms with Crippen LogP contribution in [0.15, 0.2) is 42.5 Å². The Bertz CT molecular complexity index is 901. The lowest BCUT2D eigenvalue weighted by Crippen LogP contribution is -2.20. The first-order valence-electron chi connectivity index (χ1n) is 8.85. The number of carbonyl (C=O) groups is 2. The largest absolute Gasteiger partial charge is 0.497 e. The van der Waals surface area contributed by atoms with E-state index in [0.29, 0.717) is 47.5 Å². The first kappa shape index (κ1) is 20.1. The highest BCUT2D eigenvalue weighted by molar-refractivity contribution is 5.94. The van der Waals surface area contributed by atoms with Crippen LogP contribution in [0.1, 0.15) is 5.56 Å². The van der Waals surface area contributed by atoms with E-state index in [-0.39, 0.29) is 0 Å². The Labute approximate surface area is 168 Å². The van der Waals surface area contributed by atoms with E-state index in [9.17, 15) is 9.59 Å². The Morgan fingerprint density at radius 1 is 1.00 bits per heavy atom. The number of fused-ring (bicyclic) bond motifs is 1. The number of amides is 1. The summed E-state index contributed by atoms with van der Waals surface area (Å²) in [4.78, 5) is 23.9. The molecular formula is C21H21NO7. The molecule has 3 rings (SSSR count). The van der Waals surface area contributed by atoms with Gasteiger partial charge in [-0.05, 0) is 35.9 Å². The molecule has 0 saturated carbocycles. The van der Waals surface area contributed by atoms with Crippen LogP contribution in [0.2, 0.25) is 0 Å². The van der Waals surface area contributed by atoms with Crippen molar-refractivity contribution in [2.45, 2.75) is 0 Å². The fourth-order valence-corrected chi connectivity index (χ4v) is 2.59. The second-order valence-corrected chi connectivity index (χ2v) is 5.99. The monoisotopic (exact) mass is 399 g/mol. The zero-order valence-electron chi connectivity index (χ0n) is 16.1. The average Bonchev–Trinajstić information content (AvgIpc) is 2.75. The first-order valence-corrected chi connectivity index (χ1v) is 8.85. The summed E-state index contributed by atoms with van der Waals surface area (Å²) in [5, 5.41) is 2.64. The Morgan fingerprint density at radius 3 is 2.38 bits per heavy atom. The molecule has 152 valence electrons. The maximum Gasteiger partial charge on any atom is 0.331 e. The second-order valence-electron chi connectivity index (χ2n) is 5.99. The fourth-order valence-electron chi connectivity index (χ4n) is 2.59. The molecule has 2 aromatic rings. The van der Waals surface area contributed by atoms with E-state index >= 15 is 0 Å². The first-order chi connectivity index (χ1) is 14.1. The number of benzene rings is 2. The maximum atomic E-state index is 12.0. The zero-order chi connectivity index (χ0) is 20.6. The van der Waals surface area contributed by atoms with E-state index in [0.717, 1.165) is 0 Å². The van der Waals surface area contributed by atoms with Gasteiger partial charge in [0.05, 0.1) is 14.2 Å². The predicted octanol–water partition coefficient (Wildman–Crippen LogP) is 2.67. The SMILES string of the molecule is COc1cc(/C=C/C(=O)OCC(=O)Nc2ccc3c(c2)OCCO3)cc(OC)c1. The zero-order valence-corrected chi connectivity index (χ0v) is 16.1. The number of carbonyl (C=O) groups excluding carboxylic acids is 2. The number of hydrogen-bond donors (Lipinski definition) is 1. The van der Waals surface area contributed by atoms with Crippen LogP contribution in [0, 0.1) is 0 Å². The third-order valence-electron chi connectivity index (χ3n) is 3.96. The molecule has 1 amide bonds. The highest BCUT2D eigenvalue weighted by Crippen LogP contribution is 2.32. The molecule has 0 bridgehead atoms. The lowest BCUT2D eigenvalue weighted by Gasteiger charge is -2.18. The van der Waals surface area contributed by atoms with Crippen LogP contribution in [0.5, 0.6) is 23.0 Å². The Morgan fingerprint density at radius 2 is 1.69 bits per heavy atom. The van der Waals surface area contributed by atoms with Crippen molar-refractivity contribution in [2.24, 2.45) is 0 Å². The summed E-state index contributed by atoms with van der Waals surface area (Å²) in [5.41, 5.74) is 1.22. The van der Waals surface area contributed by atoms with Crippen molar-refractivity contribution < 1.29 is 33.3 Å². The van der Waals surface area contributed by atoms with E-state index < -0.39 is 18.5 Å². The molecule has 2 aromatic carbocycles. The molecule has 8 heteroatoms. The van der Waals surface area contributed by atoms with Gasteiger partial charge in [0, 0.05) is 23.9 Å². The molecule has 0 spiro atoms. The highest BCUT2D eigenvalue weighted by Gasteiger charge is 2.13. The molecular weight excluding hydrogens is 378 g/mol. The van der Waals surface area contributed by atoms with E-state index in [2.05, 4.69) is 5.32 Å². The van der Waals surface area contributed by atoms with E-state index in [1.54, 1.807) is 42.5 Å². The van der Waals surface area contributed by atoms with Crippen molar-refractivity contribution in [1.29, 1.82) is 0 Å². The Kier molecular flexibility index (Phi) is 6.57. The molecule has 29 heavy (non-hydrogen) atoms. The number of hydrogen-bond acceptors (Lipinski definition) is 7. The summed E-state index contributed by atoms with van der Waals surface area (Å²) in [6.07, 6.45) is 2.78. The van der Waals surface area contributed by atoms with Crippen LogP contribution in [-0.4, -0.2) is 45.9 Å². The number of ether oxygens (including phenoxy) is 5. The van der Waals surface area contributed by atoms with Crippen LogP contribution in [0.3, 0.4) is 0 Å². The van der Waals surface area contributed by atoms with Gasteiger partial charge in [0.25, 0.3) is 5.91 Å². The summed E-state index contributed by atoms with van der Waals surface area (Å²) < 4.78 is 26.2. The molecule has 1 aliphatic heterocycles. The number of methoxy groups -OCH3 is 2. The predicted molar refractivity (Wildman–Crippen MR) is 106 cm³/mol.